The van der Waals surface area contributed by atoms with E-state index in [-0.39, 0.29) is 13.0 Å². The number of aliphatic carboxylic acids is 1. The average molecular weight is 563 g/mol. The van der Waals surface area contributed by atoms with Gasteiger partial charge in [0.05, 0.1) is 12.3 Å². The van der Waals surface area contributed by atoms with Crippen LogP contribution in [-0.4, -0.2) is 23.7 Å². The summed E-state index contributed by atoms with van der Waals surface area (Å²) in [7, 11) is 0. The molecular weight excluding hydrogens is 496 g/mol. The maximum Gasteiger partial charge on any atom is 0.307 e. The van der Waals surface area contributed by atoms with Crippen molar-refractivity contribution in [1.29, 1.82) is 0 Å². The van der Waals surface area contributed by atoms with Gasteiger partial charge < -0.3 is 9.84 Å². The van der Waals surface area contributed by atoms with Crippen molar-refractivity contribution < 1.29 is 19.4 Å². The minimum absolute atomic E-state index is 0.0502. The van der Waals surface area contributed by atoms with Gasteiger partial charge in [-0.25, -0.2) is 0 Å². The molecule has 0 saturated carbocycles. The molecule has 0 fully saturated rings. The van der Waals surface area contributed by atoms with Gasteiger partial charge in [-0.2, -0.15) is 0 Å². The van der Waals surface area contributed by atoms with Crippen molar-refractivity contribution in [2.24, 2.45) is 5.92 Å². The van der Waals surface area contributed by atoms with Crippen LogP contribution in [0.5, 0.6) is 0 Å². The molecule has 0 aromatic heterocycles. The molecule has 1 unspecified atom stereocenters. The van der Waals surface area contributed by atoms with Crippen molar-refractivity contribution in [1.82, 2.24) is 0 Å². The van der Waals surface area contributed by atoms with Crippen molar-refractivity contribution in [2.45, 2.75) is 180 Å². The van der Waals surface area contributed by atoms with Crippen LogP contribution in [0.15, 0.2) is 24.8 Å². The molecule has 0 amide bonds. The summed E-state index contributed by atoms with van der Waals surface area (Å²) in [6.07, 6.45) is 40.1. The molecule has 0 bridgehead atoms. The lowest BCUT2D eigenvalue weighted by atomic mass is 9.97. The lowest BCUT2D eigenvalue weighted by Crippen LogP contribution is -2.19. The predicted molar refractivity (Wildman–Crippen MR) is 172 cm³/mol. The first-order chi connectivity index (χ1) is 19.6. The summed E-state index contributed by atoms with van der Waals surface area (Å²) in [6, 6.07) is 0. The first kappa shape index (κ1) is 38.4. The number of hydrogen-bond acceptors (Lipinski definition) is 3. The number of esters is 1. The van der Waals surface area contributed by atoms with Crippen LogP contribution in [0.4, 0.5) is 0 Å². The van der Waals surface area contributed by atoms with Crippen molar-refractivity contribution in [2.75, 3.05) is 6.61 Å². The number of hydrogen-bond donors (Lipinski definition) is 1. The van der Waals surface area contributed by atoms with E-state index in [1.165, 1.54) is 134 Å². The van der Waals surface area contributed by atoms with E-state index in [1.54, 1.807) is 0 Å². The molecular formula is C36H66O4. The quantitative estimate of drug-likeness (QED) is 0.0503. The van der Waals surface area contributed by atoms with E-state index in [4.69, 9.17) is 4.74 Å². The van der Waals surface area contributed by atoms with Crippen molar-refractivity contribution >= 4 is 11.9 Å². The molecule has 0 spiro atoms. The van der Waals surface area contributed by atoms with Gasteiger partial charge >= 0.3 is 11.9 Å². The van der Waals surface area contributed by atoms with Gasteiger partial charge in [-0.15, -0.1) is 0 Å². The summed E-state index contributed by atoms with van der Waals surface area (Å²) < 4.78 is 4.91. The number of allylic oxidation sites excluding steroid dienone is 2. The molecule has 0 rings (SSSR count). The van der Waals surface area contributed by atoms with Gasteiger partial charge in [-0.1, -0.05) is 167 Å². The number of carboxylic acid groups (broad SMARTS) is 1. The van der Waals surface area contributed by atoms with Crippen LogP contribution < -0.4 is 0 Å². The first-order valence-corrected chi connectivity index (χ1v) is 17.3. The Labute approximate surface area is 248 Å². The molecule has 0 saturated heterocycles. The zero-order valence-electron chi connectivity index (χ0n) is 26.5. The molecule has 234 valence electrons. The van der Waals surface area contributed by atoms with Gasteiger partial charge in [0, 0.05) is 0 Å². The van der Waals surface area contributed by atoms with Crippen LogP contribution in [0, 0.1) is 5.92 Å². The summed E-state index contributed by atoms with van der Waals surface area (Å²) in [4.78, 5) is 23.0. The average Bonchev–Trinajstić information content (AvgIpc) is 2.94. The first-order valence-electron chi connectivity index (χ1n) is 17.3. The van der Waals surface area contributed by atoms with Gasteiger partial charge in [0.2, 0.25) is 0 Å². The molecule has 0 aromatic rings. The molecule has 1 atom stereocenters. The van der Waals surface area contributed by atoms with Crippen LogP contribution in [0.1, 0.15) is 180 Å². The third kappa shape index (κ3) is 29.4. The second-order valence-electron chi connectivity index (χ2n) is 11.8. The number of carboxylic acids is 1. The van der Waals surface area contributed by atoms with Crippen molar-refractivity contribution in [3.8, 4) is 0 Å². The number of unbranched alkanes of at least 4 members (excludes halogenated alkanes) is 23. The smallest absolute Gasteiger partial charge is 0.307 e. The Morgan fingerprint density at radius 2 is 1.00 bits per heavy atom. The summed E-state index contributed by atoms with van der Waals surface area (Å²) >= 11 is 0. The van der Waals surface area contributed by atoms with Crippen LogP contribution in [0.3, 0.4) is 0 Å². The zero-order chi connectivity index (χ0) is 29.4. The summed E-state index contributed by atoms with van der Waals surface area (Å²) in [6.45, 7) is 5.92. The molecule has 0 aliphatic rings. The molecule has 0 radical (unpaired) electrons. The lowest BCUT2D eigenvalue weighted by molar-refractivity contribution is -0.151. The van der Waals surface area contributed by atoms with E-state index in [9.17, 15) is 14.7 Å². The van der Waals surface area contributed by atoms with Gasteiger partial charge in [0.15, 0.2) is 0 Å². The molecule has 0 aliphatic heterocycles. The van der Waals surface area contributed by atoms with Gasteiger partial charge in [0.25, 0.3) is 0 Å². The monoisotopic (exact) mass is 562 g/mol. The highest BCUT2D eigenvalue weighted by molar-refractivity contribution is 5.78. The fourth-order valence-corrected chi connectivity index (χ4v) is 5.31. The third-order valence-electron chi connectivity index (χ3n) is 7.94. The van der Waals surface area contributed by atoms with Crippen LogP contribution in [0.25, 0.3) is 0 Å². The Kier molecular flexibility index (Phi) is 30.7. The van der Waals surface area contributed by atoms with E-state index in [0.717, 1.165) is 32.1 Å². The van der Waals surface area contributed by atoms with Gasteiger partial charge in [-0.3, -0.25) is 9.59 Å². The Morgan fingerprint density at radius 3 is 1.38 bits per heavy atom. The summed E-state index contributed by atoms with van der Waals surface area (Å²) in [5, 5.41) is 9.31. The fraction of sp³-hybridized carbons (Fsp3) is 0.833. The highest BCUT2D eigenvalue weighted by atomic mass is 16.5. The second-order valence-corrected chi connectivity index (χ2v) is 11.8. The van der Waals surface area contributed by atoms with Crippen LogP contribution in [-0.2, 0) is 14.3 Å². The summed E-state index contributed by atoms with van der Waals surface area (Å²) in [5.41, 5.74) is 0. The third-order valence-corrected chi connectivity index (χ3v) is 7.94. The van der Waals surface area contributed by atoms with E-state index < -0.39 is 17.9 Å². The van der Waals surface area contributed by atoms with Crippen LogP contribution in [0.2, 0.25) is 0 Å². The molecule has 4 heteroatoms. The highest BCUT2D eigenvalue weighted by Crippen LogP contribution is 2.17. The highest BCUT2D eigenvalue weighted by Gasteiger charge is 2.21. The molecule has 0 heterocycles. The number of carbonyl (C=O) groups excluding carboxylic acids is 1. The Bertz CT molecular complexity index is 598. The van der Waals surface area contributed by atoms with Gasteiger partial charge in [-0.05, 0) is 32.1 Å². The molecule has 1 N–H and O–H groups in total. The Morgan fingerprint density at radius 1 is 0.625 bits per heavy atom. The summed E-state index contributed by atoms with van der Waals surface area (Å²) in [5.74, 6) is -2.01. The van der Waals surface area contributed by atoms with Gasteiger partial charge in [0.1, 0.15) is 6.61 Å². The molecule has 40 heavy (non-hydrogen) atoms. The minimum Gasteiger partial charge on any atom is -0.481 e. The Balaban J connectivity index is 3.33. The number of rotatable bonds is 32. The maximum absolute atomic E-state index is 11.6. The Hall–Kier alpha value is -1.58. The van der Waals surface area contributed by atoms with E-state index in [1.807, 2.05) is 0 Å². The second kappa shape index (κ2) is 31.9. The topological polar surface area (TPSA) is 63.6 Å². The minimum atomic E-state index is -0.909. The van der Waals surface area contributed by atoms with Crippen molar-refractivity contribution in [3.05, 3.63) is 24.8 Å². The van der Waals surface area contributed by atoms with E-state index >= 15 is 0 Å². The van der Waals surface area contributed by atoms with E-state index in [0.29, 0.717) is 6.42 Å². The van der Waals surface area contributed by atoms with E-state index in [2.05, 4.69) is 25.7 Å². The lowest BCUT2D eigenvalue weighted by Gasteiger charge is -2.11. The maximum atomic E-state index is 11.6. The number of ether oxygens (including phenoxy) is 1. The van der Waals surface area contributed by atoms with Crippen molar-refractivity contribution in [3.63, 3.8) is 0 Å². The molecule has 4 nitrogen and oxygen atoms in total. The molecule has 0 aliphatic carbocycles. The SMILES string of the molecule is C=CCOC(=O)CC(CCCCCC/C=C/CCCCCCCCCCCCCCCCCCCCC)C(=O)O. The predicted octanol–water partition coefficient (Wildman–Crippen LogP) is 11.5. The van der Waals surface area contributed by atoms with Crippen LogP contribution >= 0.6 is 0 Å². The fourth-order valence-electron chi connectivity index (χ4n) is 5.31. The number of carbonyl (C=O) groups is 2. The normalized spacial score (nSPS) is 12.1. The largest absolute Gasteiger partial charge is 0.481 e. The zero-order valence-corrected chi connectivity index (χ0v) is 26.5. The molecule has 0 aromatic carbocycles. The standard InChI is InChI=1S/C36H66O4/c1-3-5-6-7-8-9-10-11-12-13-14-15-16-17-18-19-20-21-22-23-24-25-26-27-28-29-30-31-34(36(38)39)33-35(37)40-32-4-2/h4,24-25,34H,2-3,5-23,26-33H2,1H3,(H,38,39)/b25-24+.